The summed E-state index contributed by atoms with van der Waals surface area (Å²) in [7, 11) is -3.42. The van der Waals surface area contributed by atoms with Crippen LogP contribution in [0.1, 0.15) is 12.8 Å². The van der Waals surface area contributed by atoms with Crippen molar-refractivity contribution in [3.8, 4) is 0 Å². The maximum Gasteiger partial charge on any atom is 0.303 e. The van der Waals surface area contributed by atoms with Crippen molar-refractivity contribution in [1.82, 2.24) is 0 Å². The second kappa shape index (κ2) is 5.81. The number of carboxylic acid groups (broad SMARTS) is 1. The molecule has 1 aromatic rings. The molecule has 0 fully saturated rings. The Hall–Kier alpha value is -1.63. The van der Waals surface area contributed by atoms with E-state index in [0.717, 1.165) is 12.3 Å². The Labute approximate surface area is 105 Å². The van der Waals surface area contributed by atoms with E-state index < -0.39 is 21.6 Å². The first kappa shape index (κ1) is 14.4. The summed E-state index contributed by atoms with van der Waals surface area (Å²) in [6.45, 7) is 0.307. The van der Waals surface area contributed by atoms with Crippen molar-refractivity contribution in [3.63, 3.8) is 0 Å². The normalized spacial score (nSPS) is 11.2. The van der Waals surface area contributed by atoms with Crippen LogP contribution in [0.4, 0.5) is 10.1 Å². The van der Waals surface area contributed by atoms with Crippen molar-refractivity contribution in [2.75, 3.05) is 18.1 Å². The second-order valence-corrected chi connectivity index (χ2v) is 5.85. The van der Waals surface area contributed by atoms with Crippen molar-refractivity contribution < 1.29 is 22.7 Å². The predicted octanol–water partition coefficient (Wildman–Crippen LogP) is 1.51. The van der Waals surface area contributed by atoms with Gasteiger partial charge in [0.2, 0.25) is 0 Å². The number of rotatable bonds is 6. The standard InChI is InChI=1S/C11H14FNO4S/c1-18(16,17)8-4-5-10(9(12)7-8)13-6-2-3-11(14)15/h4-5,7,13H,2-3,6H2,1H3,(H,14,15). The van der Waals surface area contributed by atoms with E-state index in [2.05, 4.69) is 5.32 Å². The number of anilines is 1. The van der Waals surface area contributed by atoms with Crippen molar-refractivity contribution in [3.05, 3.63) is 24.0 Å². The summed E-state index contributed by atoms with van der Waals surface area (Å²) in [5.74, 6) is -1.59. The minimum atomic E-state index is -3.42. The van der Waals surface area contributed by atoms with E-state index >= 15 is 0 Å². The van der Waals surface area contributed by atoms with Crippen LogP contribution in [0.25, 0.3) is 0 Å². The maximum atomic E-state index is 13.5. The molecule has 0 aromatic heterocycles. The van der Waals surface area contributed by atoms with E-state index in [1.807, 2.05) is 0 Å². The molecule has 0 aliphatic carbocycles. The van der Waals surface area contributed by atoms with E-state index in [-0.39, 0.29) is 17.0 Å². The van der Waals surface area contributed by atoms with Gasteiger partial charge in [-0.05, 0) is 24.6 Å². The number of halogens is 1. The Balaban J connectivity index is 2.66. The Kier molecular flexibility index (Phi) is 4.66. The number of hydrogen-bond acceptors (Lipinski definition) is 4. The number of sulfone groups is 1. The molecule has 1 aromatic carbocycles. The number of hydrogen-bond donors (Lipinski definition) is 2. The molecule has 0 bridgehead atoms. The maximum absolute atomic E-state index is 13.5. The summed E-state index contributed by atoms with van der Waals surface area (Å²) < 4.78 is 35.9. The van der Waals surface area contributed by atoms with Gasteiger partial charge in [0.1, 0.15) is 5.82 Å². The van der Waals surface area contributed by atoms with E-state index in [1.54, 1.807) is 0 Å². The van der Waals surface area contributed by atoms with Crippen molar-refractivity contribution in [2.24, 2.45) is 0 Å². The highest BCUT2D eigenvalue weighted by Crippen LogP contribution is 2.18. The van der Waals surface area contributed by atoms with Crippen LogP contribution in [0, 0.1) is 5.82 Å². The third-order valence-electron chi connectivity index (χ3n) is 2.25. The summed E-state index contributed by atoms with van der Waals surface area (Å²) in [6.07, 6.45) is 1.36. The van der Waals surface area contributed by atoms with Crippen LogP contribution in [-0.4, -0.2) is 32.3 Å². The molecule has 0 radical (unpaired) electrons. The van der Waals surface area contributed by atoms with Crippen LogP contribution in [0.5, 0.6) is 0 Å². The van der Waals surface area contributed by atoms with Crippen molar-refractivity contribution >= 4 is 21.5 Å². The summed E-state index contributed by atoms with van der Waals surface area (Å²) in [6, 6.07) is 3.57. The molecule has 2 N–H and O–H groups in total. The quantitative estimate of drug-likeness (QED) is 0.769. The lowest BCUT2D eigenvalue weighted by Crippen LogP contribution is -2.07. The van der Waals surface area contributed by atoms with Gasteiger partial charge in [0.25, 0.3) is 0 Å². The van der Waals surface area contributed by atoms with Gasteiger partial charge >= 0.3 is 5.97 Å². The molecule has 1 rings (SSSR count). The number of benzene rings is 1. The summed E-state index contributed by atoms with van der Waals surface area (Å²) in [5, 5.41) is 11.1. The fraction of sp³-hybridized carbons (Fsp3) is 0.364. The molecule has 5 nitrogen and oxygen atoms in total. The highest BCUT2D eigenvalue weighted by Gasteiger charge is 2.10. The Morgan fingerprint density at radius 2 is 2.11 bits per heavy atom. The molecule has 0 unspecified atom stereocenters. The molecule has 7 heteroatoms. The number of carboxylic acids is 1. The molecule has 18 heavy (non-hydrogen) atoms. The van der Waals surface area contributed by atoms with Crippen LogP contribution in [0.15, 0.2) is 23.1 Å². The monoisotopic (exact) mass is 275 g/mol. The van der Waals surface area contributed by atoms with Crippen LogP contribution in [-0.2, 0) is 14.6 Å². The zero-order chi connectivity index (χ0) is 13.8. The molecule has 0 spiro atoms. The van der Waals surface area contributed by atoms with Crippen molar-refractivity contribution in [1.29, 1.82) is 0 Å². The summed E-state index contributed by atoms with van der Waals surface area (Å²) in [5.41, 5.74) is 0.160. The van der Waals surface area contributed by atoms with Crippen molar-refractivity contribution in [2.45, 2.75) is 17.7 Å². The van der Waals surface area contributed by atoms with Crippen LogP contribution < -0.4 is 5.32 Å². The molecule has 0 aliphatic rings. The summed E-state index contributed by atoms with van der Waals surface area (Å²) >= 11 is 0. The van der Waals surface area contributed by atoms with Gasteiger partial charge in [-0.25, -0.2) is 12.8 Å². The largest absolute Gasteiger partial charge is 0.481 e. The first-order chi connectivity index (χ1) is 8.30. The second-order valence-electron chi connectivity index (χ2n) is 3.84. The third kappa shape index (κ3) is 4.33. The molecular weight excluding hydrogens is 261 g/mol. The fourth-order valence-corrected chi connectivity index (χ4v) is 1.97. The SMILES string of the molecule is CS(=O)(=O)c1ccc(NCCCC(=O)O)c(F)c1. The zero-order valence-corrected chi connectivity index (χ0v) is 10.6. The number of nitrogens with one attached hydrogen (secondary N) is 1. The molecular formula is C11H14FNO4S. The average Bonchev–Trinajstić information content (AvgIpc) is 2.24. The number of carbonyl (C=O) groups is 1. The first-order valence-corrected chi connectivity index (χ1v) is 7.15. The Morgan fingerprint density at radius 1 is 1.44 bits per heavy atom. The summed E-state index contributed by atoms with van der Waals surface area (Å²) in [4.78, 5) is 10.2. The highest BCUT2D eigenvalue weighted by atomic mass is 32.2. The van der Waals surface area contributed by atoms with E-state index in [9.17, 15) is 17.6 Å². The number of aliphatic carboxylic acids is 1. The van der Waals surface area contributed by atoms with E-state index in [0.29, 0.717) is 13.0 Å². The lowest BCUT2D eigenvalue weighted by atomic mass is 10.2. The van der Waals surface area contributed by atoms with Gasteiger partial charge in [0, 0.05) is 19.2 Å². The van der Waals surface area contributed by atoms with Gasteiger partial charge in [-0.2, -0.15) is 0 Å². The topological polar surface area (TPSA) is 83.5 Å². The first-order valence-electron chi connectivity index (χ1n) is 5.26. The van der Waals surface area contributed by atoms with Gasteiger partial charge in [0.15, 0.2) is 9.84 Å². The predicted molar refractivity (Wildman–Crippen MR) is 64.9 cm³/mol. The van der Waals surface area contributed by atoms with Crippen LogP contribution in [0.3, 0.4) is 0 Å². The molecule has 0 aliphatic heterocycles. The molecule has 100 valence electrons. The van der Waals surface area contributed by atoms with Crippen LogP contribution in [0.2, 0.25) is 0 Å². The molecule has 0 saturated carbocycles. The van der Waals surface area contributed by atoms with Gasteiger partial charge in [-0.15, -0.1) is 0 Å². The fourth-order valence-electron chi connectivity index (χ4n) is 1.33. The lowest BCUT2D eigenvalue weighted by molar-refractivity contribution is -0.137. The zero-order valence-electron chi connectivity index (χ0n) is 9.81. The minimum absolute atomic E-state index is 0.00393. The van der Waals surface area contributed by atoms with E-state index in [4.69, 9.17) is 5.11 Å². The van der Waals surface area contributed by atoms with Gasteiger partial charge in [0.05, 0.1) is 10.6 Å². The highest BCUT2D eigenvalue weighted by molar-refractivity contribution is 7.90. The van der Waals surface area contributed by atoms with Gasteiger partial charge in [-0.3, -0.25) is 4.79 Å². The van der Waals surface area contributed by atoms with Crippen LogP contribution >= 0.6 is 0 Å². The lowest BCUT2D eigenvalue weighted by Gasteiger charge is -2.07. The smallest absolute Gasteiger partial charge is 0.303 e. The Bertz CT molecular complexity index is 542. The van der Waals surface area contributed by atoms with Gasteiger partial charge in [-0.1, -0.05) is 0 Å². The molecule has 0 amide bonds. The average molecular weight is 275 g/mol. The minimum Gasteiger partial charge on any atom is -0.481 e. The molecule has 0 atom stereocenters. The third-order valence-corrected chi connectivity index (χ3v) is 3.36. The van der Waals surface area contributed by atoms with E-state index in [1.165, 1.54) is 12.1 Å². The van der Waals surface area contributed by atoms with Gasteiger partial charge < -0.3 is 10.4 Å². The molecule has 0 saturated heterocycles. The molecule has 0 heterocycles. The Morgan fingerprint density at radius 3 is 2.61 bits per heavy atom.